The third kappa shape index (κ3) is 2.95. The van der Waals surface area contributed by atoms with Gasteiger partial charge in [-0.05, 0) is 37.9 Å². The van der Waals surface area contributed by atoms with Crippen LogP contribution in [0, 0.1) is 11.7 Å². The Kier molecular flexibility index (Phi) is 4.50. The lowest BCUT2D eigenvalue weighted by Gasteiger charge is -2.40. The summed E-state index contributed by atoms with van der Waals surface area (Å²) in [5.74, 6) is 0.0462. The summed E-state index contributed by atoms with van der Waals surface area (Å²) in [7, 11) is 1.86. The first kappa shape index (κ1) is 15.2. The second kappa shape index (κ2) is 6.21. The predicted octanol–water partition coefficient (Wildman–Crippen LogP) is 3.33. The van der Waals surface area contributed by atoms with Crippen LogP contribution in [0.5, 0.6) is 0 Å². The van der Waals surface area contributed by atoms with Gasteiger partial charge in [-0.15, -0.1) is 0 Å². The Morgan fingerprint density at radius 1 is 1.43 bits per heavy atom. The molecule has 3 atom stereocenters. The molecule has 0 aromatic heterocycles. The lowest BCUT2D eigenvalue weighted by molar-refractivity contribution is -0.103. The number of ether oxygens (including phenoxy) is 2. The summed E-state index contributed by atoms with van der Waals surface area (Å²) in [5, 5.41) is 3.74. The molecule has 1 N–H and O–H groups in total. The van der Waals surface area contributed by atoms with Crippen molar-refractivity contribution in [1.82, 2.24) is 5.32 Å². The molecule has 0 bridgehead atoms. The summed E-state index contributed by atoms with van der Waals surface area (Å²) in [4.78, 5) is 0. The molecule has 3 unspecified atom stereocenters. The minimum atomic E-state index is -0.245. The lowest BCUT2D eigenvalue weighted by Crippen LogP contribution is -2.43. The van der Waals surface area contributed by atoms with Gasteiger partial charge in [-0.25, -0.2) is 4.39 Å². The van der Waals surface area contributed by atoms with Crippen LogP contribution in [0.15, 0.2) is 18.2 Å². The van der Waals surface area contributed by atoms with Crippen molar-refractivity contribution in [1.29, 1.82) is 0 Å². The number of nitrogens with one attached hydrogen (secondary N) is 1. The average molecular weight is 314 g/mol. The van der Waals surface area contributed by atoms with Crippen LogP contribution in [0.1, 0.15) is 30.9 Å². The maximum Gasteiger partial charge on any atom is 0.129 e. The van der Waals surface area contributed by atoms with Gasteiger partial charge in [-0.2, -0.15) is 0 Å². The Morgan fingerprint density at radius 3 is 2.95 bits per heavy atom. The third-order valence-corrected chi connectivity index (χ3v) is 5.02. The topological polar surface area (TPSA) is 30.5 Å². The Hall–Kier alpha value is -0.680. The van der Waals surface area contributed by atoms with Gasteiger partial charge in [0.1, 0.15) is 5.82 Å². The molecule has 5 heteroatoms. The first-order valence-corrected chi connectivity index (χ1v) is 7.86. The number of benzene rings is 1. The number of halogens is 2. The van der Waals surface area contributed by atoms with E-state index in [-0.39, 0.29) is 17.5 Å². The van der Waals surface area contributed by atoms with Gasteiger partial charge in [0.15, 0.2) is 0 Å². The van der Waals surface area contributed by atoms with E-state index >= 15 is 0 Å². The van der Waals surface area contributed by atoms with Gasteiger partial charge in [0.25, 0.3) is 0 Å². The molecule has 1 aromatic carbocycles. The first-order chi connectivity index (χ1) is 10.2. The van der Waals surface area contributed by atoms with E-state index in [9.17, 15) is 4.39 Å². The van der Waals surface area contributed by atoms with E-state index in [0.717, 1.165) is 25.9 Å². The van der Waals surface area contributed by atoms with E-state index in [1.165, 1.54) is 6.07 Å². The fraction of sp³-hybridized carbons (Fsp3) is 0.625. The van der Waals surface area contributed by atoms with Gasteiger partial charge in [0.05, 0.1) is 12.2 Å². The van der Waals surface area contributed by atoms with Crippen molar-refractivity contribution in [2.45, 2.75) is 30.9 Å². The Morgan fingerprint density at radius 2 is 2.29 bits per heavy atom. The van der Waals surface area contributed by atoms with E-state index in [0.29, 0.717) is 29.7 Å². The van der Waals surface area contributed by atoms with Crippen molar-refractivity contribution < 1.29 is 13.9 Å². The van der Waals surface area contributed by atoms with Gasteiger partial charge < -0.3 is 14.8 Å². The van der Waals surface area contributed by atoms with Crippen molar-refractivity contribution in [3.8, 4) is 0 Å². The van der Waals surface area contributed by atoms with Crippen molar-refractivity contribution in [2.24, 2.45) is 5.92 Å². The number of rotatable bonds is 3. The molecule has 116 valence electrons. The standard InChI is InChI=1S/C16H21ClFNO2/c1-19-15(14-12(17)3-2-4-13(14)18)11-5-7-21-16(9-11)6-8-20-10-16/h2-4,11,15,19H,5-10H2,1H3. The molecule has 0 amide bonds. The van der Waals surface area contributed by atoms with Gasteiger partial charge >= 0.3 is 0 Å². The van der Waals surface area contributed by atoms with Crippen molar-refractivity contribution in [2.75, 3.05) is 26.9 Å². The summed E-state index contributed by atoms with van der Waals surface area (Å²) in [6.45, 7) is 2.08. The van der Waals surface area contributed by atoms with Gasteiger partial charge in [-0.3, -0.25) is 0 Å². The smallest absolute Gasteiger partial charge is 0.129 e. The highest BCUT2D eigenvalue weighted by Crippen LogP contribution is 2.42. The molecule has 3 nitrogen and oxygen atoms in total. The molecular weight excluding hydrogens is 293 g/mol. The Bertz CT molecular complexity index is 485. The van der Waals surface area contributed by atoms with Crippen LogP contribution in [-0.4, -0.2) is 32.5 Å². The molecule has 2 fully saturated rings. The molecule has 2 saturated heterocycles. The number of hydrogen-bond donors (Lipinski definition) is 1. The normalized spacial score (nSPS) is 30.7. The van der Waals surface area contributed by atoms with E-state index in [4.69, 9.17) is 21.1 Å². The second-order valence-corrected chi connectivity index (χ2v) is 6.40. The fourth-order valence-corrected chi connectivity index (χ4v) is 3.92. The summed E-state index contributed by atoms with van der Waals surface area (Å²) in [5.41, 5.74) is 0.387. The lowest BCUT2D eigenvalue weighted by atomic mass is 9.79. The molecule has 0 aliphatic carbocycles. The fourth-order valence-electron chi connectivity index (χ4n) is 3.64. The molecular formula is C16H21ClFNO2. The van der Waals surface area contributed by atoms with Crippen molar-refractivity contribution in [3.05, 3.63) is 34.6 Å². The highest BCUT2D eigenvalue weighted by atomic mass is 35.5. The highest BCUT2D eigenvalue weighted by Gasteiger charge is 2.43. The van der Waals surface area contributed by atoms with E-state index in [1.807, 2.05) is 7.05 Å². The van der Waals surface area contributed by atoms with Crippen LogP contribution in [0.4, 0.5) is 4.39 Å². The molecule has 2 aliphatic rings. The van der Waals surface area contributed by atoms with Crippen molar-refractivity contribution >= 4 is 11.6 Å². The van der Waals surface area contributed by atoms with Crippen LogP contribution >= 0.6 is 11.6 Å². The maximum atomic E-state index is 14.2. The summed E-state index contributed by atoms with van der Waals surface area (Å²) >= 11 is 6.24. The quantitative estimate of drug-likeness (QED) is 0.928. The second-order valence-electron chi connectivity index (χ2n) is 5.99. The molecule has 1 spiro atoms. The molecule has 1 aromatic rings. The van der Waals surface area contributed by atoms with Crippen molar-refractivity contribution in [3.63, 3.8) is 0 Å². The van der Waals surface area contributed by atoms with Crippen LogP contribution < -0.4 is 5.32 Å². The molecule has 0 saturated carbocycles. The van der Waals surface area contributed by atoms with Gasteiger partial charge in [-0.1, -0.05) is 17.7 Å². The monoisotopic (exact) mass is 313 g/mol. The van der Waals surface area contributed by atoms with Crippen LogP contribution in [0.25, 0.3) is 0 Å². The van der Waals surface area contributed by atoms with E-state index < -0.39 is 0 Å². The minimum Gasteiger partial charge on any atom is -0.378 e. The molecule has 2 aliphatic heterocycles. The summed E-state index contributed by atoms with van der Waals surface area (Å²) in [6.07, 6.45) is 2.70. The van der Waals surface area contributed by atoms with Gasteiger partial charge in [0.2, 0.25) is 0 Å². The summed E-state index contributed by atoms with van der Waals surface area (Å²) < 4.78 is 25.7. The average Bonchev–Trinajstić information content (AvgIpc) is 2.91. The molecule has 3 rings (SSSR count). The third-order valence-electron chi connectivity index (χ3n) is 4.69. The summed E-state index contributed by atoms with van der Waals surface area (Å²) in [6, 6.07) is 4.77. The molecule has 2 heterocycles. The molecule has 21 heavy (non-hydrogen) atoms. The van der Waals surface area contributed by atoms with E-state index in [2.05, 4.69) is 5.32 Å². The van der Waals surface area contributed by atoms with Crippen LogP contribution in [0.2, 0.25) is 5.02 Å². The van der Waals surface area contributed by atoms with Gasteiger partial charge in [0, 0.05) is 36.3 Å². The highest BCUT2D eigenvalue weighted by molar-refractivity contribution is 6.31. The largest absolute Gasteiger partial charge is 0.378 e. The Labute approximate surface area is 129 Å². The van der Waals surface area contributed by atoms with Crippen LogP contribution in [-0.2, 0) is 9.47 Å². The predicted molar refractivity (Wildman–Crippen MR) is 80.1 cm³/mol. The SMILES string of the molecule is CNC(c1c(F)cccc1Cl)C1CCOC2(CCOC2)C1. The zero-order valence-electron chi connectivity index (χ0n) is 12.2. The zero-order chi connectivity index (χ0) is 14.9. The Balaban J connectivity index is 1.86. The van der Waals surface area contributed by atoms with Crippen LogP contribution in [0.3, 0.4) is 0 Å². The van der Waals surface area contributed by atoms with E-state index in [1.54, 1.807) is 12.1 Å². The molecule has 0 radical (unpaired) electrons. The number of hydrogen-bond acceptors (Lipinski definition) is 3. The minimum absolute atomic E-state index is 0.0972. The maximum absolute atomic E-state index is 14.2. The zero-order valence-corrected chi connectivity index (χ0v) is 13.0. The first-order valence-electron chi connectivity index (χ1n) is 7.48.